The molecule has 3 nitrogen and oxygen atoms in total. The van der Waals surface area contributed by atoms with E-state index in [1.807, 2.05) is 6.07 Å². The van der Waals surface area contributed by atoms with Crippen LogP contribution in [0.3, 0.4) is 0 Å². The number of hydrogen-bond acceptors (Lipinski definition) is 3. The van der Waals surface area contributed by atoms with Gasteiger partial charge in [-0.3, -0.25) is 0 Å². The summed E-state index contributed by atoms with van der Waals surface area (Å²) in [5, 5.41) is 0. The van der Waals surface area contributed by atoms with E-state index in [1.54, 1.807) is 7.11 Å². The first-order valence-electron chi connectivity index (χ1n) is 7.21. The zero-order valence-corrected chi connectivity index (χ0v) is 12.0. The van der Waals surface area contributed by atoms with Gasteiger partial charge in [0.05, 0.1) is 19.8 Å². The number of ether oxygens (including phenoxy) is 2. The lowest BCUT2D eigenvalue weighted by Crippen LogP contribution is -2.35. The molecule has 1 fully saturated rings. The molecule has 0 aliphatic heterocycles. The van der Waals surface area contributed by atoms with E-state index in [0.717, 1.165) is 24.2 Å². The van der Waals surface area contributed by atoms with E-state index in [9.17, 15) is 0 Å². The Morgan fingerprint density at radius 2 is 2.00 bits per heavy atom. The molecule has 0 radical (unpaired) electrons. The van der Waals surface area contributed by atoms with E-state index in [4.69, 9.17) is 15.2 Å². The highest BCUT2D eigenvalue weighted by Crippen LogP contribution is 2.24. The van der Waals surface area contributed by atoms with Crippen LogP contribution >= 0.6 is 0 Å². The molecule has 19 heavy (non-hydrogen) atoms. The predicted molar refractivity (Wildman–Crippen MR) is 77.4 cm³/mol. The van der Waals surface area contributed by atoms with Crippen molar-refractivity contribution >= 4 is 0 Å². The fourth-order valence-corrected chi connectivity index (χ4v) is 2.73. The molecule has 2 atom stereocenters. The molecule has 0 spiro atoms. The fourth-order valence-electron chi connectivity index (χ4n) is 2.73. The summed E-state index contributed by atoms with van der Waals surface area (Å²) < 4.78 is 11.4. The Morgan fingerprint density at radius 1 is 1.21 bits per heavy atom. The number of rotatable bonds is 4. The maximum atomic E-state index is 6.19. The van der Waals surface area contributed by atoms with Gasteiger partial charge in [0.1, 0.15) is 5.75 Å². The second kappa shape index (κ2) is 6.92. The summed E-state index contributed by atoms with van der Waals surface area (Å²) >= 11 is 0. The maximum absolute atomic E-state index is 6.19. The van der Waals surface area contributed by atoms with Crippen molar-refractivity contribution in [3.8, 4) is 5.75 Å². The van der Waals surface area contributed by atoms with E-state index in [0.29, 0.717) is 6.61 Å². The fraction of sp³-hybridized carbons (Fsp3) is 0.625. The van der Waals surface area contributed by atoms with Gasteiger partial charge in [-0.2, -0.15) is 0 Å². The van der Waals surface area contributed by atoms with E-state index in [1.165, 1.54) is 24.8 Å². The van der Waals surface area contributed by atoms with Gasteiger partial charge in [-0.25, -0.2) is 0 Å². The Morgan fingerprint density at radius 3 is 2.79 bits per heavy atom. The lowest BCUT2D eigenvalue weighted by molar-refractivity contribution is 0.0186. The van der Waals surface area contributed by atoms with Crippen LogP contribution < -0.4 is 10.5 Å². The molecule has 2 rings (SSSR count). The first-order chi connectivity index (χ1) is 9.20. The Balaban J connectivity index is 1.99. The Bertz CT molecular complexity index is 406. The van der Waals surface area contributed by atoms with Crippen LogP contribution in [0.1, 0.15) is 43.2 Å². The average molecular weight is 263 g/mol. The largest absolute Gasteiger partial charge is 0.496 e. The molecule has 3 heteroatoms. The Kier molecular flexibility index (Phi) is 5.23. The molecular formula is C16H25NO2. The van der Waals surface area contributed by atoms with Crippen molar-refractivity contribution in [1.82, 2.24) is 0 Å². The van der Waals surface area contributed by atoms with Gasteiger partial charge in [-0.15, -0.1) is 0 Å². The molecule has 1 aromatic carbocycles. The molecule has 0 amide bonds. The van der Waals surface area contributed by atoms with E-state index in [-0.39, 0.29) is 12.1 Å². The van der Waals surface area contributed by atoms with Crippen LogP contribution in [-0.4, -0.2) is 19.3 Å². The lowest BCUT2D eigenvalue weighted by atomic mass is 10.1. The van der Waals surface area contributed by atoms with Gasteiger partial charge in [0, 0.05) is 11.6 Å². The maximum Gasteiger partial charge on any atom is 0.124 e. The van der Waals surface area contributed by atoms with Crippen LogP contribution in [-0.2, 0) is 11.3 Å². The SMILES string of the molecule is COc1ccc(C)cc1COC1CCCCCC1N. The van der Waals surface area contributed by atoms with Crippen molar-refractivity contribution in [2.75, 3.05) is 7.11 Å². The van der Waals surface area contributed by atoms with E-state index < -0.39 is 0 Å². The summed E-state index contributed by atoms with van der Waals surface area (Å²) in [6.45, 7) is 2.67. The van der Waals surface area contributed by atoms with Gasteiger partial charge < -0.3 is 15.2 Å². The van der Waals surface area contributed by atoms with E-state index >= 15 is 0 Å². The van der Waals surface area contributed by atoms with Crippen molar-refractivity contribution in [3.63, 3.8) is 0 Å². The molecular weight excluding hydrogens is 238 g/mol. The van der Waals surface area contributed by atoms with Gasteiger partial charge in [-0.05, 0) is 25.8 Å². The molecule has 0 aromatic heterocycles. The third-order valence-electron chi connectivity index (χ3n) is 3.89. The summed E-state index contributed by atoms with van der Waals surface area (Å²) in [5.74, 6) is 0.896. The minimum atomic E-state index is 0.179. The third kappa shape index (κ3) is 3.95. The highest BCUT2D eigenvalue weighted by molar-refractivity contribution is 5.36. The standard InChI is InChI=1S/C16H25NO2/c1-12-8-9-15(18-2)13(10-12)11-19-16-7-5-3-4-6-14(16)17/h8-10,14,16H,3-7,11,17H2,1-2H3. The highest BCUT2D eigenvalue weighted by Gasteiger charge is 2.21. The summed E-state index contributed by atoms with van der Waals surface area (Å²) in [5.41, 5.74) is 8.52. The zero-order chi connectivity index (χ0) is 13.7. The summed E-state index contributed by atoms with van der Waals surface area (Å²) in [6, 6.07) is 6.36. The van der Waals surface area contributed by atoms with Gasteiger partial charge in [0.15, 0.2) is 0 Å². The first-order valence-corrected chi connectivity index (χ1v) is 7.21. The van der Waals surface area contributed by atoms with E-state index in [2.05, 4.69) is 19.1 Å². The summed E-state index contributed by atoms with van der Waals surface area (Å²) in [7, 11) is 1.70. The molecule has 1 saturated carbocycles. The van der Waals surface area contributed by atoms with Gasteiger partial charge in [0.25, 0.3) is 0 Å². The summed E-state index contributed by atoms with van der Waals surface area (Å²) in [4.78, 5) is 0. The van der Waals surface area contributed by atoms with Crippen LogP contribution in [0.5, 0.6) is 5.75 Å². The van der Waals surface area contributed by atoms with Crippen LogP contribution in [0.2, 0.25) is 0 Å². The molecule has 0 heterocycles. The quantitative estimate of drug-likeness (QED) is 0.849. The molecule has 2 N–H and O–H groups in total. The molecule has 1 aliphatic rings. The van der Waals surface area contributed by atoms with Crippen LogP contribution in [0, 0.1) is 6.92 Å². The molecule has 1 aliphatic carbocycles. The zero-order valence-electron chi connectivity index (χ0n) is 12.0. The van der Waals surface area contributed by atoms with Crippen molar-refractivity contribution in [2.24, 2.45) is 5.73 Å². The van der Waals surface area contributed by atoms with Crippen molar-refractivity contribution in [3.05, 3.63) is 29.3 Å². The Hall–Kier alpha value is -1.06. The molecule has 106 valence electrons. The second-order valence-corrected chi connectivity index (χ2v) is 5.47. The number of aryl methyl sites for hydroxylation is 1. The third-order valence-corrected chi connectivity index (χ3v) is 3.89. The van der Waals surface area contributed by atoms with Crippen molar-refractivity contribution < 1.29 is 9.47 Å². The molecule has 2 unspecified atom stereocenters. The van der Waals surface area contributed by atoms with Crippen molar-refractivity contribution in [1.29, 1.82) is 0 Å². The Labute approximate surface area is 116 Å². The number of nitrogens with two attached hydrogens (primary N) is 1. The van der Waals surface area contributed by atoms with Gasteiger partial charge in [-0.1, -0.05) is 37.0 Å². The molecule has 0 bridgehead atoms. The van der Waals surface area contributed by atoms with Crippen LogP contribution in [0.4, 0.5) is 0 Å². The lowest BCUT2D eigenvalue weighted by Gasteiger charge is -2.22. The minimum Gasteiger partial charge on any atom is -0.496 e. The molecule has 0 saturated heterocycles. The topological polar surface area (TPSA) is 44.5 Å². The number of hydrogen-bond donors (Lipinski definition) is 1. The first kappa shape index (κ1) is 14.4. The number of benzene rings is 1. The predicted octanol–water partition coefficient (Wildman–Crippen LogP) is 3.18. The van der Waals surface area contributed by atoms with Crippen molar-refractivity contribution in [2.45, 2.75) is 57.8 Å². The number of methoxy groups -OCH3 is 1. The van der Waals surface area contributed by atoms with Gasteiger partial charge in [0.2, 0.25) is 0 Å². The van der Waals surface area contributed by atoms with Crippen LogP contribution in [0.25, 0.3) is 0 Å². The monoisotopic (exact) mass is 263 g/mol. The normalized spacial score (nSPS) is 23.9. The smallest absolute Gasteiger partial charge is 0.124 e. The summed E-state index contributed by atoms with van der Waals surface area (Å²) in [6.07, 6.45) is 6.08. The highest BCUT2D eigenvalue weighted by atomic mass is 16.5. The minimum absolute atomic E-state index is 0.179. The van der Waals surface area contributed by atoms with Gasteiger partial charge >= 0.3 is 0 Å². The van der Waals surface area contributed by atoms with Crippen LogP contribution in [0.15, 0.2) is 18.2 Å². The molecule has 1 aromatic rings. The second-order valence-electron chi connectivity index (χ2n) is 5.47. The average Bonchev–Trinajstić information content (AvgIpc) is 2.61.